The van der Waals surface area contributed by atoms with E-state index in [1.807, 2.05) is 0 Å². The summed E-state index contributed by atoms with van der Waals surface area (Å²) >= 11 is 0. The predicted molar refractivity (Wildman–Crippen MR) is 146 cm³/mol. The fourth-order valence-electron chi connectivity index (χ4n) is 4.98. The van der Waals surface area contributed by atoms with Gasteiger partial charge in [0, 0.05) is 75.4 Å². The van der Waals surface area contributed by atoms with E-state index in [0.717, 1.165) is 42.9 Å². The molecule has 0 aromatic heterocycles. The largest absolute Gasteiger partial charge is 0.503 e. The van der Waals surface area contributed by atoms with Gasteiger partial charge in [0.15, 0.2) is 5.76 Å². The number of likely N-dealkylation sites (tertiary alicyclic amines) is 1. The maximum absolute atomic E-state index is 12.0. The Hall–Kier alpha value is -3.24. The fourth-order valence-corrected chi connectivity index (χ4v) is 4.98. The summed E-state index contributed by atoms with van der Waals surface area (Å²) in [6.45, 7) is 3.79. The van der Waals surface area contributed by atoms with Crippen molar-refractivity contribution in [2.75, 3.05) is 33.8 Å². The van der Waals surface area contributed by atoms with Crippen molar-refractivity contribution in [1.29, 1.82) is 0 Å². The van der Waals surface area contributed by atoms with Crippen molar-refractivity contribution in [2.24, 2.45) is 4.99 Å². The minimum absolute atomic E-state index is 0.130. The molecule has 2 aromatic rings. The second-order valence-corrected chi connectivity index (χ2v) is 10.4. The van der Waals surface area contributed by atoms with Crippen molar-refractivity contribution in [2.45, 2.75) is 50.3 Å². The van der Waals surface area contributed by atoms with Gasteiger partial charge >= 0.3 is 0 Å². The van der Waals surface area contributed by atoms with E-state index in [9.17, 15) is 9.90 Å². The number of hydrogen-bond acceptors (Lipinski definition) is 6. The maximum Gasteiger partial charge on any atom is 0.204 e. The first kappa shape index (κ1) is 25.4. The smallest absolute Gasteiger partial charge is 0.204 e. The number of carbonyl (C=O) groups excluding carboxylic acids is 1. The number of methoxy groups -OCH3 is 1. The van der Waals surface area contributed by atoms with Crippen LogP contribution in [0.25, 0.3) is 0 Å². The van der Waals surface area contributed by atoms with Crippen LogP contribution in [0.4, 0.5) is 0 Å². The van der Waals surface area contributed by atoms with Gasteiger partial charge in [0.25, 0.3) is 0 Å². The third-order valence-corrected chi connectivity index (χ3v) is 7.53. The molecule has 1 atom stereocenters. The molecule has 0 bridgehead atoms. The summed E-state index contributed by atoms with van der Waals surface area (Å²) in [7, 11) is 3.92. The topological polar surface area (TPSA) is 65.4 Å². The van der Waals surface area contributed by atoms with Crippen molar-refractivity contribution in [3.05, 3.63) is 82.2 Å². The number of ether oxygens (including phenoxy) is 1. The average Bonchev–Trinajstić information content (AvgIpc) is 3.74. The van der Waals surface area contributed by atoms with E-state index < -0.39 is 0 Å². The van der Waals surface area contributed by atoms with Crippen molar-refractivity contribution < 1.29 is 14.6 Å². The number of hydrogen-bond donors (Lipinski definition) is 1. The van der Waals surface area contributed by atoms with Crippen LogP contribution in [0.3, 0.4) is 0 Å². The molecule has 2 aromatic carbocycles. The molecule has 1 N–H and O–H groups in total. The summed E-state index contributed by atoms with van der Waals surface area (Å²) in [5.41, 5.74) is 4.90. The highest BCUT2D eigenvalue weighted by molar-refractivity contribution is 6.03. The van der Waals surface area contributed by atoms with Gasteiger partial charge in [-0.2, -0.15) is 0 Å². The second kappa shape index (κ2) is 11.4. The lowest BCUT2D eigenvalue weighted by atomic mass is 9.91. The third kappa shape index (κ3) is 6.56. The molecule has 2 heterocycles. The Morgan fingerprint density at radius 2 is 1.73 bits per heavy atom. The summed E-state index contributed by atoms with van der Waals surface area (Å²) < 4.78 is 5.35. The molecule has 192 valence electrons. The minimum Gasteiger partial charge on any atom is -0.503 e. The van der Waals surface area contributed by atoms with Crippen molar-refractivity contribution in [1.82, 2.24) is 9.80 Å². The summed E-state index contributed by atoms with van der Waals surface area (Å²) in [6.07, 6.45) is 5.15. The van der Waals surface area contributed by atoms with Gasteiger partial charge in [0.1, 0.15) is 0 Å². The molecular weight excluding hydrogens is 462 g/mol. The molecule has 2 fully saturated rings. The lowest BCUT2D eigenvalue weighted by Crippen LogP contribution is -2.50. The Kier molecular flexibility index (Phi) is 7.85. The van der Waals surface area contributed by atoms with Gasteiger partial charge < -0.3 is 14.7 Å². The maximum atomic E-state index is 12.0. The number of nitrogens with zero attached hydrogens (tertiary/aromatic N) is 3. The third-order valence-electron chi connectivity index (χ3n) is 7.53. The molecule has 2 aliphatic heterocycles. The van der Waals surface area contributed by atoms with Gasteiger partial charge in [-0.25, -0.2) is 0 Å². The number of likely N-dealkylation sites (N-methyl/N-ethyl adjacent to an activating group) is 1. The van der Waals surface area contributed by atoms with Crippen LogP contribution in [0.1, 0.15) is 53.9 Å². The lowest BCUT2D eigenvalue weighted by Gasteiger charge is -2.38. The molecule has 5 rings (SSSR count). The van der Waals surface area contributed by atoms with Gasteiger partial charge in [-0.3, -0.25) is 14.7 Å². The zero-order chi connectivity index (χ0) is 25.8. The van der Waals surface area contributed by atoms with Crippen LogP contribution in [-0.2, 0) is 16.1 Å². The first-order valence-corrected chi connectivity index (χ1v) is 13.1. The molecular formula is C31H35N3O3. The van der Waals surface area contributed by atoms with Crippen molar-refractivity contribution >= 4 is 12.0 Å². The molecule has 0 unspecified atom stereocenters. The van der Waals surface area contributed by atoms with Crippen LogP contribution in [-0.4, -0.2) is 72.8 Å². The van der Waals surface area contributed by atoms with E-state index in [2.05, 4.69) is 82.2 Å². The average molecular weight is 498 g/mol. The van der Waals surface area contributed by atoms with Crippen LogP contribution in [0, 0.1) is 11.8 Å². The molecule has 3 aliphatic rings. The van der Waals surface area contributed by atoms with Gasteiger partial charge in [-0.05, 0) is 55.3 Å². The molecule has 1 saturated heterocycles. The predicted octanol–water partition coefficient (Wildman–Crippen LogP) is 4.30. The van der Waals surface area contributed by atoms with Crippen LogP contribution >= 0.6 is 0 Å². The number of allylic oxidation sites excluding steroid dienone is 2. The van der Waals surface area contributed by atoms with Crippen molar-refractivity contribution in [3.8, 4) is 11.8 Å². The summed E-state index contributed by atoms with van der Waals surface area (Å²) in [6, 6.07) is 17.4. The first-order chi connectivity index (χ1) is 18.0. The van der Waals surface area contributed by atoms with E-state index in [-0.39, 0.29) is 23.9 Å². The number of ketones is 1. The van der Waals surface area contributed by atoms with Gasteiger partial charge in [0.05, 0.1) is 11.8 Å². The first-order valence-electron chi connectivity index (χ1n) is 13.1. The summed E-state index contributed by atoms with van der Waals surface area (Å²) in [4.78, 5) is 21.1. The molecule has 0 radical (unpaired) electrons. The number of carbonyl (C=O) groups is 1. The summed E-state index contributed by atoms with van der Waals surface area (Å²) in [5, 5.41) is 10.3. The van der Waals surface area contributed by atoms with E-state index >= 15 is 0 Å². The zero-order valence-electron chi connectivity index (χ0n) is 21.7. The molecule has 1 saturated carbocycles. The summed E-state index contributed by atoms with van der Waals surface area (Å²) in [5.74, 6) is 6.26. The van der Waals surface area contributed by atoms with E-state index in [4.69, 9.17) is 4.74 Å². The number of aliphatic imine (C=N–C) groups is 1. The standard InChI is InChI=1S/C31H35N3O3/c1-33(27-13-14-27)19-26(17-29-31(36)30(35)15-16-32-29)25-11-9-23(10-12-25)4-3-22-5-7-24(8-6-22)18-34-20-28(21-34)37-2/h5-12,16,26-28,36H,13-15,17-21H2,1-2H3/t26-/m0/s1. The Balaban J connectivity index is 1.24. The zero-order valence-corrected chi connectivity index (χ0v) is 21.7. The monoisotopic (exact) mass is 497 g/mol. The fraction of sp³-hybridized carbons (Fsp3) is 0.419. The van der Waals surface area contributed by atoms with Crippen LogP contribution < -0.4 is 0 Å². The molecule has 37 heavy (non-hydrogen) atoms. The van der Waals surface area contributed by atoms with Crippen LogP contribution in [0.15, 0.2) is 65.0 Å². The molecule has 6 heteroatoms. The lowest BCUT2D eigenvalue weighted by molar-refractivity contribution is -0.117. The number of rotatable bonds is 9. The van der Waals surface area contributed by atoms with Crippen molar-refractivity contribution in [3.63, 3.8) is 0 Å². The number of Topliss-reactive ketones (excluding diaryl/α,β-unsaturated/α-hetero) is 1. The highest BCUT2D eigenvalue weighted by atomic mass is 16.5. The number of aliphatic hydroxyl groups is 1. The molecule has 6 nitrogen and oxygen atoms in total. The van der Waals surface area contributed by atoms with Gasteiger partial charge in [-0.1, -0.05) is 36.1 Å². The highest BCUT2D eigenvalue weighted by Gasteiger charge is 2.30. The Bertz CT molecular complexity index is 1230. The molecule has 0 amide bonds. The second-order valence-electron chi connectivity index (χ2n) is 10.4. The van der Waals surface area contributed by atoms with Gasteiger partial charge in [-0.15, -0.1) is 0 Å². The minimum atomic E-state index is -0.252. The Morgan fingerprint density at radius 3 is 2.35 bits per heavy atom. The molecule has 0 spiro atoms. The van der Waals surface area contributed by atoms with E-state index in [0.29, 0.717) is 24.3 Å². The van der Waals surface area contributed by atoms with Crippen LogP contribution in [0.2, 0.25) is 0 Å². The van der Waals surface area contributed by atoms with E-state index in [1.165, 1.54) is 18.4 Å². The Labute approximate surface area is 219 Å². The Morgan fingerprint density at radius 1 is 1.08 bits per heavy atom. The normalized spacial score (nSPS) is 19.1. The SMILES string of the molecule is COC1CN(Cc2ccc(C#Cc3ccc([C@@H](CC4=C(O)C(=O)CC=N4)CN(C)C4CC4)cc3)cc2)C1. The number of benzene rings is 2. The highest BCUT2D eigenvalue weighted by Crippen LogP contribution is 2.32. The molecule has 1 aliphatic carbocycles. The quantitative estimate of drug-likeness (QED) is 0.524. The number of aliphatic hydroxyl groups excluding tert-OH is 1. The van der Waals surface area contributed by atoms with E-state index in [1.54, 1.807) is 13.3 Å². The van der Waals surface area contributed by atoms with Crippen LogP contribution in [0.5, 0.6) is 0 Å². The van der Waals surface area contributed by atoms with Gasteiger partial charge in [0.2, 0.25) is 5.78 Å².